The minimum Gasteiger partial charge on any atom is -0.344 e. The molecule has 3 rings (SSSR count). The van der Waals surface area contributed by atoms with Gasteiger partial charge in [-0.05, 0) is 34.3 Å². The minimum atomic E-state index is -0.368. The Morgan fingerprint density at radius 3 is 2.67 bits per heavy atom. The molecule has 0 bridgehead atoms. The molecule has 1 fully saturated rings. The van der Waals surface area contributed by atoms with Gasteiger partial charge in [-0.2, -0.15) is 0 Å². The third kappa shape index (κ3) is 3.21. The maximum Gasteiger partial charge on any atom is 0.312 e. The molecule has 21 heavy (non-hydrogen) atoms. The lowest BCUT2D eigenvalue weighted by Gasteiger charge is -2.23. The number of benzene rings is 1. The van der Waals surface area contributed by atoms with Crippen molar-refractivity contribution in [2.45, 2.75) is 25.4 Å². The molecule has 0 atom stereocenters. The number of aromatic nitrogens is 1. The van der Waals surface area contributed by atoms with E-state index in [9.17, 15) is 10.1 Å². The zero-order valence-electron chi connectivity index (χ0n) is 11.3. The molecule has 1 aliphatic carbocycles. The quantitative estimate of drug-likeness (QED) is 0.607. The van der Waals surface area contributed by atoms with Crippen LogP contribution in [0.1, 0.15) is 18.4 Å². The maximum absolute atomic E-state index is 11.3. The highest BCUT2D eigenvalue weighted by atomic mass is 79.9. The van der Waals surface area contributed by atoms with Gasteiger partial charge in [0.1, 0.15) is 0 Å². The smallest absolute Gasteiger partial charge is 0.312 e. The van der Waals surface area contributed by atoms with Crippen molar-refractivity contribution in [3.63, 3.8) is 0 Å². The van der Waals surface area contributed by atoms with Crippen molar-refractivity contribution < 1.29 is 4.92 Å². The van der Waals surface area contributed by atoms with Gasteiger partial charge in [0.15, 0.2) is 0 Å². The maximum atomic E-state index is 11.3. The van der Waals surface area contributed by atoms with Gasteiger partial charge in [0, 0.05) is 29.3 Å². The lowest BCUT2D eigenvalue weighted by atomic mass is 10.2. The first kappa shape index (κ1) is 14.0. The number of hydrogen-bond acceptors (Lipinski definition) is 4. The number of hydrogen-bond donors (Lipinski definition) is 0. The van der Waals surface area contributed by atoms with Crippen LogP contribution in [-0.4, -0.2) is 15.9 Å². The molecule has 0 N–H and O–H groups in total. The van der Waals surface area contributed by atoms with Crippen molar-refractivity contribution in [3.05, 3.63) is 62.7 Å². The highest BCUT2D eigenvalue weighted by molar-refractivity contribution is 9.10. The van der Waals surface area contributed by atoms with Gasteiger partial charge < -0.3 is 4.90 Å². The van der Waals surface area contributed by atoms with Gasteiger partial charge in [-0.3, -0.25) is 10.1 Å². The molecule has 0 amide bonds. The summed E-state index contributed by atoms with van der Waals surface area (Å²) >= 11 is 3.25. The van der Waals surface area contributed by atoms with Crippen LogP contribution in [0.15, 0.2) is 47.1 Å². The van der Waals surface area contributed by atoms with Crippen LogP contribution in [0.25, 0.3) is 0 Å². The number of pyridine rings is 1. The van der Waals surface area contributed by atoms with E-state index < -0.39 is 0 Å². The van der Waals surface area contributed by atoms with E-state index in [1.807, 2.05) is 35.2 Å². The van der Waals surface area contributed by atoms with Crippen molar-refractivity contribution in [3.8, 4) is 0 Å². The summed E-state index contributed by atoms with van der Waals surface area (Å²) in [5, 5.41) is 11.3. The van der Waals surface area contributed by atoms with E-state index in [1.165, 1.54) is 6.07 Å². The number of rotatable bonds is 5. The highest BCUT2D eigenvalue weighted by Crippen LogP contribution is 2.37. The van der Waals surface area contributed by atoms with Crippen LogP contribution in [0.4, 0.5) is 11.5 Å². The number of nitro groups is 1. The molecule has 2 aromatic rings. The van der Waals surface area contributed by atoms with Gasteiger partial charge in [0.25, 0.3) is 0 Å². The third-order valence-electron chi connectivity index (χ3n) is 3.47. The summed E-state index contributed by atoms with van der Waals surface area (Å²) in [4.78, 5) is 17.3. The lowest BCUT2D eigenvalue weighted by Crippen LogP contribution is -2.26. The molecule has 0 unspecified atom stereocenters. The molecule has 1 heterocycles. The number of nitrogens with zero attached hydrogens (tertiary/aromatic N) is 3. The van der Waals surface area contributed by atoms with Crippen LogP contribution in [0.2, 0.25) is 0 Å². The van der Waals surface area contributed by atoms with Gasteiger partial charge in [-0.1, -0.05) is 30.3 Å². The second-order valence-corrected chi connectivity index (χ2v) is 6.01. The lowest BCUT2D eigenvalue weighted by molar-refractivity contribution is -0.384. The standard InChI is InChI=1S/C15H14BrN3O2/c16-12-8-14(19(20)21)15(17-9-12)18(13-6-7-13)10-11-4-2-1-3-5-11/h1-5,8-9,13H,6-7,10H2. The Balaban J connectivity index is 1.96. The van der Waals surface area contributed by atoms with Crippen molar-refractivity contribution in [1.29, 1.82) is 0 Å². The summed E-state index contributed by atoms with van der Waals surface area (Å²) in [6, 6.07) is 11.8. The average Bonchev–Trinajstić information content (AvgIpc) is 3.31. The Hall–Kier alpha value is -1.95. The van der Waals surface area contributed by atoms with E-state index in [4.69, 9.17) is 0 Å². The normalized spacial score (nSPS) is 14.0. The van der Waals surface area contributed by atoms with Crippen molar-refractivity contribution >= 4 is 27.4 Å². The van der Waals surface area contributed by atoms with Crippen molar-refractivity contribution in [2.75, 3.05) is 4.90 Å². The summed E-state index contributed by atoms with van der Waals surface area (Å²) < 4.78 is 0.619. The Morgan fingerprint density at radius 2 is 2.05 bits per heavy atom. The Morgan fingerprint density at radius 1 is 1.33 bits per heavy atom. The van der Waals surface area contributed by atoms with Gasteiger partial charge in [-0.15, -0.1) is 0 Å². The molecular formula is C15H14BrN3O2. The van der Waals surface area contributed by atoms with Crippen LogP contribution < -0.4 is 4.90 Å². The van der Waals surface area contributed by atoms with Crippen molar-refractivity contribution in [1.82, 2.24) is 4.98 Å². The Bertz CT molecular complexity index is 659. The second-order valence-electron chi connectivity index (χ2n) is 5.10. The van der Waals surface area contributed by atoms with Gasteiger partial charge in [0.05, 0.1) is 4.92 Å². The fraction of sp³-hybridized carbons (Fsp3) is 0.267. The predicted molar refractivity (Wildman–Crippen MR) is 84.2 cm³/mol. The molecule has 6 heteroatoms. The molecule has 1 aromatic carbocycles. The molecule has 1 aromatic heterocycles. The fourth-order valence-corrected chi connectivity index (χ4v) is 2.64. The van der Waals surface area contributed by atoms with Crippen LogP contribution in [0.3, 0.4) is 0 Å². The summed E-state index contributed by atoms with van der Waals surface area (Å²) in [5.74, 6) is 0.453. The van der Waals surface area contributed by atoms with E-state index in [2.05, 4.69) is 20.9 Å². The SMILES string of the molecule is O=[N+]([O-])c1cc(Br)cnc1N(Cc1ccccc1)C1CC1. The summed E-state index contributed by atoms with van der Waals surface area (Å²) in [6.07, 6.45) is 3.73. The molecule has 0 spiro atoms. The van der Waals surface area contributed by atoms with Crippen LogP contribution >= 0.6 is 15.9 Å². The van der Waals surface area contributed by atoms with E-state index in [1.54, 1.807) is 6.20 Å². The summed E-state index contributed by atoms with van der Waals surface area (Å²) in [5.41, 5.74) is 1.18. The summed E-state index contributed by atoms with van der Waals surface area (Å²) in [7, 11) is 0. The Kier molecular flexibility index (Phi) is 3.88. The second kappa shape index (κ2) is 5.81. The molecule has 1 aliphatic rings. The van der Waals surface area contributed by atoms with E-state index in [-0.39, 0.29) is 10.6 Å². The summed E-state index contributed by atoms with van der Waals surface area (Å²) in [6.45, 7) is 0.640. The first-order valence-electron chi connectivity index (χ1n) is 6.75. The fourth-order valence-electron chi connectivity index (χ4n) is 2.32. The minimum absolute atomic E-state index is 0.0483. The molecule has 108 valence electrons. The zero-order chi connectivity index (χ0) is 14.8. The van der Waals surface area contributed by atoms with Crippen molar-refractivity contribution in [2.24, 2.45) is 0 Å². The van der Waals surface area contributed by atoms with Gasteiger partial charge >= 0.3 is 5.69 Å². The molecule has 1 saturated carbocycles. The van der Waals surface area contributed by atoms with Gasteiger partial charge in [0.2, 0.25) is 5.82 Å². The first-order valence-corrected chi connectivity index (χ1v) is 7.55. The van der Waals surface area contributed by atoms with Crippen LogP contribution in [-0.2, 0) is 6.54 Å². The number of halogens is 1. The van der Waals surface area contributed by atoms with Crippen LogP contribution in [0.5, 0.6) is 0 Å². The Labute approximate surface area is 130 Å². The topological polar surface area (TPSA) is 59.3 Å². The molecule has 0 aliphatic heterocycles. The average molecular weight is 348 g/mol. The highest BCUT2D eigenvalue weighted by Gasteiger charge is 2.34. The van der Waals surface area contributed by atoms with E-state index in [0.717, 1.165) is 18.4 Å². The largest absolute Gasteiger partial charge is 0.344 e. The zero-order valence-corrected chi connectivity index (χ0v) is 12.9. The molecule has 5 nitrogen and oxygen atoms in total. The number of anilines is 1. The molecule has 0 saturated heterocycles. The first-order chi connectivity index (χ1) is 10.1. The van der Waals surface area contributed by atoms with Gasteiger partial charge in [-0.25, -0.2) is 4.98 Å². The predicted octanol–water partition coefficient (Wildman–Crippen LogP) is 3.92. The van der Waals surface area contributed by atoms with E-state index in [0.29, 0.717) is 22.9 Å². The van der Waals surface area contributed by atoms with Crippen LogP contribution in [0, 0.1) is 10.1 Å². The van der Waals surface area contributed by atoms with E-state index >= 15 is 0 Å². The monoisotopic (exact) mass is 347 g/mol. The molecule has 0 radical (unpaired) electrons. The molecular weight excluding hydrogens is 334 g/mol. The third-order valence-corrected chi connectivity index (χ3v) is 3.90.